The second kappa shape index (κ2) is 7.73. The average Bonchev–Trinajstić information content (AvgIpc) is 2.25. The van der Waals surface area contributed by atoms with Gasteiger partial charge in [0.15, 0.2) is 0 Å². The summed E-state index contributed by atoms with van der Waals surface area (Å²) in [6.07, 6.45) is 13.2. The normalized spacial score (nSPS) is 27.9. The molecule has 1 aliphatic carbocycles. The van der Waals surface area contributed by atoms with E-state index in [2.05, 4.69) is 22.9 Å². The van der Waals surface area contributed by atoms with Crippen molar-refractivity contribution in [2.45, 2.75) is 64.7 Å². The molecule has 1 rings (SSSR count). The molecule has 84 valence electrons. The molecule has 0 spiro atoms. The van der Waals surface area contributed by atoms with Crippen LogP contribution in [0.3, 0.4) is 0 Å². The number of unbranched alkanes of at least 4 members (excludes halogenated alkanes) is 2. The van der Waals surface area contributed by atoms with E-state index in [9.17, 15) is 0 Å². The smallest absolute Gasteiger partial charge is 0.00313 e. The van der Waals surface area contributed by atoms with Crippen molar-refractivity contribution in [2.75, 3.05) is 5.33 Å². The molecule has 0 bridgehead atoms. The monoisotopic (exact) mass is 260 g/mol. The van der Waals surface area contributed by atoms with Gasteiger partial charge in [0.2, 0.25) is 0 Å². The zero-order valence-corrected chi connectivity index (χ0v) is 11.2. The highest BCUT2D eigenvalue weighted by atomic mass is 79.9. The van der Waals surface area contributed by atoms with Gasteiger partial charge in [-0.2, -0.15) is 0 Å². The van der Waals surface area contributed by atoms with Crippen LogP contribution >= 0.6 is 15.9 Å². The molecule has 0 atom stereocenters. The number of rotatable bonds is 6. The highest BCUT2D eigenvalue weighted by Crippen LogP contribution is 2.33. The number of halogens is 1. The van der Waals surface area contributed by atoms with Gasteiger partial charge in [0.25, 0.3) is 0 Å². The summed E-state index contributed by atoms with van der Waals surface area (Å²) >= 11 is 3.49. The maximum Gasteiger partial charge on any atom is 0.00313 e. The Labute approximate surface area is 98.0 Å². The zero-order chi connectivity index (χ0) is 10.2. The van der Waals surface area contributed by atoms with Crippen LogP contribution in [0.4, 0.5) is 0 Å². The van der Waals surface area contributed by atoms with E-state index in [1.165, 1.54) is 63.1 Å². The summed E-state index contributed by atoms with van der Waals surface area (Å²) in [7, 11) is 0. The molecule has 1 heteroatoms. The predicted octanol–water partition coefficient (Wildman–Crippen LogP) is 5.16. The molecule has 0 N–H and O–H groups in total. The molecule has 0 aliphatic heterocycles. The van der Waals surface area contributed by atoms with Crippen molar-refractivity contribution in [3.8, 4) is 0 Å². The maximum absolute atomic E-state index is 3.49. The zero-order valence-electron chi connectivity index (χ0n) is 9.60. The molecular weight excluding hydrogens is 236 g/mol. The molecule has 0 heterocycles. The first-order valence-corrected chi connectivity index (χ1v) is 7.55. The van der Waals surface area contributed by atoms with E-state index in [1.807, 2.05) is 0 Å². The topological polar surface area (TPSA) is 0 Å². The fourth-order valence-electron chi connectivity index (χ4n) is 2.63. The standard InChI is InChI=1S/C13H25Br/c1-2-12-7-9-13(10-8-12)6-4-3-5-11-14/h12-13H,2-11H2,1H3. The van der Waals surface area contributed by atoms with Crippen LogP contribution in [0.5, 0.6) is 0 Å². The van der Waals surface area contributed by atoms with Crippen molar-refractivity contribution in [3.05, 3.63) is 0 Å². The highest BCUT2D eigenvalue weighted by molar-refractivity contribution is 9.09. The second-order valence-corrected chi connectivity index (χ2v) is 5.63. The van der Waals surface area contributed by atoms with Gasteiger partial charge in [-0.25, -0.2) is 0 Å². The maximum atomic E-state index is 3.49. The van der Waals surface area contributed by atoms with Crippen LogP contribution in [-0.4, -0.2) is 5.33 Å². The molecule has 1 fully saturated rings. The second-order valence-electron chi connectivity index (χ2n) is 4.83. The SMILES string of the molecule is CCC1CCC(CCCCCBr)CC1. The third-order valence-electron chi connectivity index (χ3n) is 3.79. The Morgan fingerprint density at radius 2 is 1.57 bits per heavy atom. The van der Waals surface area contributed by atoms with Crippen molar-refractivity contribution in [1.29, 1.82) is 0 Å². The fourth-order valence-corrected chi connectivity index (χ4v) is 3.03. The first-order valence-electron chi connectivity index (χ1n) is 6.42. The van der Waals surface area contributed by atoms with Gasteiger partial charge in [0.1, 0.15) is 0 Å². The van der Waals surface area contributed by atoms with E-state index in [4.69, 9.17) is 0 Å². The molecule has 14 heavy (non-hydrogen) atoms. The van der Waals surface area contributed by atoms with Crippen LogP contribution in [0.15, 0.2) is 0 Å². The first kappa shape index (κ1) is 12.5. The molecule has 1 saturated carbocycles. The van der Waals surface area contributed by atoms with Crippen LogP contribution < -0.4 is 0 Å². The van der Waals surface area contributed by atoms with Crippen LogP contribution in [0, 0.1) is 11.8 Å². The van der Waals surface area contributed by atoms with Crippen molar-refractivity contribution in [3.63, 3.8) is 0 Å². The van der Waals surface area contributed by atoms with Crippen LogP contribution in [0.2, 0.25) is 0 Å². The Balaban J connectivity index is 1.98. The molecule has 1 aliphatic rings. The summed E-state index contributed by atoms with van der Waals surface area (Å²) in [5.74, 6) is 2.14. The van der Waals surface area contributed by atoms with Crippen molar-refractivity contribution >= 4 is 15.9 Å². The van der Waals surface area contributed by atoms with E-state index in [0.29, 0.717) is 0 Å². The van der Waals surface area contributed by atoms with Gasteiger partial charge in [-0.15, -0.1) is 0 Å². The number of hydrogen-bond donors (Lipinski definition) is 0. The van der Waals surface area contributed by atoms with Crippen LogP contribution in [-0.2, 0) is 0 Å². The third kappa shape index (κ3) is 4.82. The summed E-state index contributed by atoms with van der Waals surface area (Å²) in [5, 5.41) is 1.19. The molecule has 0 aromatic heterocycles. The Hall–Kier alpha value is 0.480. The molecule has 0 amide bonds. The van der Waals surface area contributed by atoms with Crippen molar-refractivity contribution in [1.82, 2.24) is 0 Å². The average molecular weight is 261 g/mol. The third-order valence-corrected chi connectivity index (χ3v) is 4.35. The Morgan fingerprint density at radius 1 is 0.929 bits per heavy atom. The lowest BCUT2D eigenvalue weighted by Gasteiger charge is -2.27. The summed E-state index contributed by atoms with van der Waals surface area (Å²) < 4.78 is 0. The van der Waals surface area contributed by atoms with Gasteiger partial charge < -0.3 is 0 Å². The fraction of sp³-hybridized carbons (Fsp3) is 1.00. The van der Waals surface area contributed by atoms with E-state index in [1.54, 1.807) is 0 Å². The van der Waals surface area contributed by atoms with Crippen molar-refractivity contribution in [2.24, 2.45) is 11.8 Å². The van der Waals surface area contributed by atoms with E-state index in [-0.39, 0.29) is 0 Å². The van der Waals surface area contributed by atoms with Gasteiger partial charge in [-0.05, 0) is 18.3 Å². The molecule has 0 radical (unpaired) electrons. The minimum Gasteiger partial charge on any atom is -0.0928 e. The predicted molar refractivity (Wildman–Crippen MR) is 68.0 cm³/mol. The lowest BCUT2D eigenvalue weighted by Crippen LogP contribution is -2.13. The lowest BCUT2D eigenvalue weighted by atomic mass is 9.79. The number of hydrogen-bond acceptors (Lipinski definition) is 0. The van der Waals surface area contributed by atoms with E-state index >= 15 is 0 Å². The molecule has 0 nitrogen and oxygen atoms in total. The molecule has 0 aromatic carbocycles. The van der Waals surface area contributed by atoms with Gasteiger partial charge in [0.05, 0.1) is 0 Å². The minimum absolute atomic E-state index is 1.06. The summed E-state index contributed by atoms with van der Waals surface area (Å²) in [5.41, 5.74) is 0. The Morgan fingerprint density at radius 3 is 2.14 bits per heavy atom. The van der Waals surface area contributed by atoms with Crippen molar-refractivity contribution < 1.29 is 0 Å². The molecule has 0 saturated heterocycles. The molecule has 0 unspecified atom stereocenters. The Bertz CT molecular complexity index is 125. The van der Waals surface area contributed by atoms with E-state index in [0.717, 1.165) is 11.8 Å². The highest BCUT2D eigenvalue weighted by Gasteiger charge is 2.19. The van der Waals surface area contributed by atoms with Gasteiger partial charge in [-0.3, -0.25) is 0 Å². The summed E-state index contributed by atoms with van der Waals surface area (Å²) in [6.45, 7) is 2.35. The lowest BCUT2D eigenvalue weighted by molar-refractivity contribution is 0.254. The summed E-state index contributed by atoms with van der Waals surface area (Å²) in [4.78, 5) is 0. The quantitative estimate of drug-likeness (QED) is 0.457. The number of alkyl halides is 1. The van der Waals surface area contributed by atoms with Crippen LogP contribution in [0.1, 0.15) is 64.7 Å². The molecule has 0 aromatic rings. The first-order chi connectivity index (χ1) is 6.86. The largest absolute Gasteiger partial charge is 0.0928 e. The van der Waals surface area contributed by atoms with Gasteiger partial charge in [0, 0.05) is 5.33 Å². The summed E-state index contributed by atoms with van der Waals surface area (Å²) in [6, 6.07) is 0. The molecular formula is C13H25Br. The van der Waals surface area contributed by atoms with E-state index < -0.39 is 0 Å². The van der Waals surface area contributed by atoms with Crippen LogP contribution in [0.25, 0.3) is 0 Å². The Kier molecular flexibility index (Phi) is 6.93. The van der Waals surface area contributed by atoms with Gasteiger partial charge in [-0.1, -0.05) is 74.2 Å². The minimum atomic E-state index is 1.06. The van der Waals surface area contributed by atoms with Gasteiger partial charge >= 0.3 is 0 Å².